The highest BCUT2D eigenvalue weighted by atomic mass is 32.2. The summed E-state index contributed by atoms with van der Waals surface area (Å²) in [4.78, 5) is 0. The topological polar surface area (TPSA) is 32.3 Å². The quantitative estimate of drug-likeness (QED) is 0.889. The van der Waals surface area contributed by atoms with Gasteiger partial charge < -0.3 is 10.4 Å². The highest BCUT2D eigenvalue weighted by Crippen LogP contribution is 2.31. The van der Waals surface area contributed by atoms with E-state index in [2.05, 4.69) is 5.32 Å². The van der Waals surface area contributed by atoms with Crippen molar-refractivity contribution in [1.82, 2.24) is 5.32 Å². The van der Waals surface area contributed by atoms with E-state index in [9.17, 15) is 18.3 Å². The fourth-order valence-corrected chi connectivity index (χ4v) is 3.63. The Hall–Kier alpha value is -0.720. The molecule has 0 aromatic heterocycles. The van der Waals surface area contributed by atoms with Crippen LogP contribution >= 0.6 is 11.8 Å². The van der Waals surface area contributed by atoms with Crippen LogP contribution in [0, 0.1) is 0 Å². The monoisotopic (exact) mass is 319 g/mol. The van der Waals surface area contributed by atoms with Gasteiger partial charge in [-0.25, -0.2) is 0 Å². The Balaban J connectivity index is 1.98. The van der Waals surface area contributed by atoms with Crippen molar-refractivity contribution in [2.75, 3.05) is 18.1 Å². The number of thioether (sulfide) groups is 1. The summed E-state index contributed by atoms with van der Waals surface area (Å²) >= 11 is 1.82. The van der Waals surface area contributed by atoms with Crippen molar-refractivity contribution >= 4 is 11.8 Å². The van der Waals surface area contributed by atoms with Gasteiger partial charge in [0.1, 0.15) is 0 Å². The maximum atomic E-state index is 12.7. The predicted octanol–water partition coefficient (Wildman–Crippen LogP) is 3.61. The van der Waals surface area contributed by atoms with Gasteiger partial charge in [0.05, 0.1) is 11.2 Å². The van der Waals surface area contributed by atoms with Gasteiger partial charge >= 0.3 is 6.18 Å². The molecule has 118 valence electrons. The molecule has 0 spiro atoms. The van der Waals surface area contributed by atoms with Crippen LogP contribution in [-0.4, -0.2) is 28.8 Å². The van der Waals surface area contributed by atoms with Gasteiger partial charge in [-0.1, -0.05) is 12.1 Å². The van der Waals surface area contributed by atoms with Crippen LogP contribution in [0.25, 0.3) is 0 Å². The first kappa shape index (κ1) is 16.6. The number of hydrogen-bond acceptors (Lipinski definition) is 3. The highest BCUT2D eigenvalue weighted by Gasteiger charge is 2.32. The van der Waals surface area contributed by atoms with Crippen molar-refractivity contribution in [2.45, 2.75) is 37.6 Å². The van der Waals surface area contributed by atoms with E-state index in [1.165, 1.54) is 12.1 Å². The Morgan fingerprint density at radius 3 is 2.62 bits per heavy atom. The summed E-state index contributed by atoms with van der Waals surface area (Å²) < 4.78 is 38.1. The number of aliphatic hydroxyl groups is 1. The number of hydrogen-bond donors (Lipinski definition) is 2. The molecule has 1 aliphatic heterocycles. The zero-order valence-corrected chi connectivity index (χ0v) is 12.7. The smallest absolute Gasteiger partial charge is 0.389 e. The number of alkyl halides is 3. The second-order valence-corrected chi connectivity index (χ2v) is 6.79. The molecule has 0 amide bonds. The van der Waals surface area contributed by atoms with Gasteiger partial charge in [0.2, 0.25) is 0 Å². The largest absolute Gasteiger partial charge is 0.416 e. The van der Waals surface area contributed by atoms with Crippen LogP contribution in [0.1, 0.15) is 36.9 Å². The lowest BCUT2D eigenvalue weighted by Crippen LogP contribution is -2.44. The van der Waals surface area contributed by atoms with Crippen LogP contribution < -0.4 is 5.32 Å². The Morgan fingerprint density at radius 1 is 1.33 bits per heavy atom. The lowest BCUT2D eigenvalue weighted by atomic mass is 9.96. The number of halogens is 3. The lowest BCUT2D eigenvalue weighted by Gasteiger charge is -2.33. The van der Waals surface area contributed by atoms with Crippen molar-refractivity contribution < 1.29 is 18.3 Å². The summed E-state index contributed by atoms with van der Waals surface area (Å²) in [6.45, 7) is 2.22. The van der Waals surface area contributed by atoms with Crippen LogP contribution in [0.3, 0.4) is 0 Å². The Labute approximate surface area is 127 Å². The summed E-state index contributed by atoms with van der Waals surface area (Å²) in [5, 5.41) is 13.6. The van der Waals surface area contributed by atoms with E-state index >= 15 is 0 Å². The summed E-state index contributed by atoms with van der Waals surface area (Å²) in [6, 6.07) is 5.10. The lowest BCUT2D eigenvalue weighted by molar-refractivity contribution is -0.137. The van der Waals surface area contributed by atoms with Crippen molar-refractivity contribution in [1.29, 1.82) is 0 Å². The Kier molecular flexibility index (Phi) is 5.22. The molecule has 1 fully saturated rings. The maximum Gasteiger partial charge on any atom is 0.416 e. The van der Waals surface area contributed by atoms with E-state index in [0.717, 1.165) is 30.4 Å². The van der Waals surface area contributed by atoms with E-state index in [1.807, 2.05) is 18.7 Å². The van der Waals surface area contributed by atoms with Gasteiger partial charge in [-0.15, -0.1) is 0 Å². The molecular formula is C15H20F3NOS. The van der Waals surface area contributed by atoms with Gasteiger partial charge in [0, 0.05) is 12.6 Å². The summed E-state index contributed by atoms with van der Waals surface area (Å²) in [5.74, 6) is 1.85. The molecule has 1 aromatic carbocycles. The molecule has 1 saturated heterocycles. The van der Waals surface area contributed by atoms with E-state index in [1.54, 1.807) is 6.07 Å². The maximum absolute atomic E-state index is 12.7. The van der Waals surface area contributed by atoms with Crippen LogP contribution in [0.5, 0.6) is 0 Å². The van der Waals surface area contributed by atoms with Crippen LogP contribution in [-0.2, 0) is 6.18 Å². The first-order chi connectivity index (χ1) is 9.80. The highest BCUT2D eigenvalue weighted by molar-refractivity contribution is 7.99. The third-order valence-corrected chi connectivity index (χ3v) is 4.86. The Bertz CT molecular complexity index is 472. The molecule has 0 saturated carbocycles. The van der Waals surface area contributed by atoms with E-state index in [0.29, 0.717) is 12.1 Å². The van der Waals surface area contributed by atoms with Gasteiger partial charge in [0.15, 0.2) is 0 Å². The first-order valence-corrected chi connectivity index (χ1v) is 8.16. The van der Waals surface area contributed by atoms with Crippen LogP contribution in [0.2, 0.25) is 0 Å². The molecule has 0 aliphatic carbocycles. The third-order valence-electron chi connectivity index (χ3n) is 3.87. The van der Waals surface area contributed by atoms with Crippen molar-refractivity contribution in [3.05, 3.63) is 35.4 Å². The van der Waals surface area contributed by atoms with Gasteiger partial charge in [-0.2, -0.15) is 24.9 Å². The molecule has 2 N–H and O–H groups in total. The average molecular weight is 319 g/mol. The molecular weight excluding hydrogens is 299 g/mol. The molecule has 0 radical (unpaired) electrons. The molecule has 2 nitrogen and oxygen atoms in total. The third kappa shape index (κ3) is 4.63. The summed E-state index contributed by atoms with van der Waals surface area (Å²) in [7, 11) is 0. The minimum Gasteiger partial charge on any atom is -0.389 e. The molecule has 0 bridgehead atoms. The molecule has 1 unspecified atom stereocenters. The first-order valence-electron chi connectivity index (χ1n) is 7.01. The molecule has 1 heterocycles. The zero-order chi connectivity index (χ0) is 15.5. The number of nitrogens with one attached hydrogen (secondary N) is 1. The molecule has 1 aliphatic rings. The fraction of sp³-hybridized carbons (Fsp3) is 0.600. The zero-order valence-electron chi connectivity index (χ0n) is 11.9. The second-order valence-electron chi connectivity index (χ2n) is 5.56. The molecule has 1 atom stereocenters. The number of benzene rings is 1. The van der Waals surface area contributed by atoms with Gasteiger partial charge in [-0.3, -0.25) is 0 Å². The van der Waals surface area contributed by atoms with E-state index in [-0.39, 0.29) is 6.04 Å². The van der Waals surface area contributed by atoms with Gasteiger partial charge in [0.25, 0.3) is 0 Å². The second kappa shape index (κ2) is 6.58. The molecule has 2 rings (SSSR count). The normalized spacial score (nSPS) is 20.2. The van der Waals surface area contributed by atoms with Crippen LogP contribution in [0.4, 0.5) is 13.2 Å². The SMILES string of the molecule is CC(NCC1(O)CCSCC1)c1cccc(C(F)(F)F)c1. The van der Waals surface area contributed by atoms with Gasteiger partial charge in [-0.05, 0) is 49.0 Å². The standard InChI is InChI=1S/C15H20F3NOS/c1-11(19-10-14(20)5-7-21-8-6-14)12-3-2-4-13(9-12)15(16,17)18/h2-4,9,11,19-20H,5-8,10H2,1H3. The number of rotatable bonds is 4. The summed E-state index contributed by atoms with van der Waals surface area (Å²) in [6.07, 6.45) is -2.88. The van der Waals surface area contributed by atoms with Crippen molar-refractivity contribution in [3.63, 3.8) is 0 Å². The minimum absolute atomic E-state index is 0.231. The Morgan fingerprint density at radius 2 is 2.00 bits per heavy atom. The molecule has 21 heavy (non-hydrogen) atoms. The van der Waals surface area contributed by atoms with Crippen LogP contribution in [0.15, 0.2) is 24.3 Å². The minimum atomic E-state index is -4.32. The van der Waals surface area contributed by atoms with Crippen molar-refractivity contribution in [3.8, 4) is 0 Å². The van der Waals surface area contributed by atoms with Crippen molar-refractivity contribution in [2.24, 2.45) is 0 Å². The molecule has 6 heteroatoms. The van der Waals surface area contributed by atoms with E-state index in [4.69, 9.17) is 0 Å². The fourth-order valence-electron chi connectivity index (χ4n) is 2.37. The molecule has 1 aromatic rings. The summed E-state index contributed by atoms with van der Waals surface area (Å²) in [5.41, 5.74) is -0.790. The predicted molar refractivity (Wildman–Crippen MR) is 79.4 cm³/mol. The van der Waals surface area contributed by atoms with E-state index < -0.39 is 17.3 Å². The average Bonchev–Trinajstić information content (AvgIpc) is 2.45.